The summed E-state index contributed by atoms with van der Waals surface area (Å²) < 4.78 is 19.2. The van der Waals surface area contributed by atoms with E-state index in [4.69, 9.17) is 16.3 Å². The number of nitrogens with zero attached hydrogens (tertiary/aromatic N) is 1. The number of nitrogens with one attached hydrogen (secondary N) is 2. The molecule has 0 bridgehead atoms. The van der Waals surface area contributed by atoms with E-state index >= 15 is 0 Å². The Labute approximate surface area is 200 Å². The van der Waals surface area contributed by atoms with Crippen LogP contribution in [0.25, 0.3) is 11.1 Å². The minimum absolute atomic E-state index is 0.0273. The highest BCUT2D eigenvalue weighted by molar-refractivity contribution is 6.30. The second-order valence-corrected chi connectivity index (χ2v) is 8.68. The lowest BCUT2D eigenvalue weighted by atomic mass is 9.82. The lowest BCUT2D eigenvalue weighted by Gasteiger charge is -2.28. The number of carbonyl (C=O) groups is 2. The van der Waals surface area contributed by atoms with Crippen LogP contribution in [0, 0.1) is 11.2 Å². The van der Waals surface area contributed by atoms with Crippen molar-refractivity contribution in [1.29, 1.82) is 0 Å². The topological polar surface area (TPSA) is 125 Å². The average molecular weight is 490 g/mol. The Morgan fingerprint density at radius 3 is 2.53 bits per heavy atom. The summed E-state index contributed by atoms with van der Waals surface area (Å²) in [5.41, 5.74) is 0.447. The van der Waals surface area contributed by atoms with Crippen molar-refractivity contribution in [2.75, 3.05) is 13.7 Å². The van der Waals surface area contributed by atoms with Crippen molar-refractivity contribution in [1.82, 2.24) is 15.5 Å². The first-order valence-electron chi connectivity index (χ1n) is 10.4. The lowest BCUT2D eigenvalue weighted by molar-refractivity contribution is -0.151. The predicted octanol–water partition coefficient (Wildman–Crippen LogP) is 3.69. The zero-order valence-electron chi connectivity index (χ0n) is 18.6. The average Bonchev–Trinajstić information content (AvgIpc) is 3.30. The number of hydrogen-bond acceptors (Lipinski definition) is 5. The summed E-state index contributed by atoms with van der Waals surface area (Å²) in [6.45, 7) is 0.818. The van der Waals surface area contributed by atoms with E-state index in [2.05, 4.69) is 15.5 Å². The van der Waals surface area contributed by atoms with E-state index in [1.807, 2.05) is 0 Å². The van der Waals surface area contributed by atoms with Gasteiger partial charge in [0.05, 0.1) is 19.1 Å². The number of carboxylic acid groups (broad SMARTS) is 1. The fourth-order valence-corrected chi connectivity index (χ4v) is 3.72. The number of methoxy groups -OCH3 is 1. The van der Waals surface area contributed by atoms with Gasteiger partial charge in [0.1, 0.15) is 11.5 Å². The molecule has 0 aliphatic rings. The van der Waals surface area contributed by atoms with Crippen LogP contribution in [0.5, 0.6) is 5.88 Å². The van der Waals surface area contributed by atoms with E-state index < -0.39 is 35.8 Å². The van der Waals surface area contributed by atoms with Gasteiger partial charge in [-0.3, -0.25) is 14.7 Å². The van der Waals surface area contributed by atoms with E-state index in [-0.39, 0.29) is 24.4 Å². The number of aliphatic hydroxyl groups excluding tert-OH is 1. The summed E-state index contributed by atoms with van der Waals surface area (Å²) in [5, 5.41) is 28.9. The standard InChI is InChI=1S/C24H25ClFN3O5/c1-24(13-30,23(32)33)12-17(27-22(31)20-11-21(34-2)29-28-20)9-14-3-5-15(6-4-14)18-10-16(25)7-8-19(18)26/h3-8,10-11,17,30H,9,12-13H2,1-2H3,(H,27,31)(H,28,29)(H,32,33). The van der Waals surface area contributed by atoms with Crippen molar-refractivity contribution < 1.29 is 28.9 Å². The van der Waals surface area contributed by atoms with Crippen molar-refractivity contribution in [3.05, 3.63) is 70.6 Å². The lowest BCUT2D eigenvalue weighted by Crippen LogP contribution is -2.44. The molecule has 34 heavy (non-hydrogen) atoms. The largest absolute Gasteiger partial charge is 0.481 e. The van der Waals surface area contributed by atoms with E-state index in [9.17, 15) is 24.2 Å². The predicted molar refractivity (Wildman–Crippen MR) is 124 cm³/mol. The van der Waals surface area contributed by atoms with Crippen molar-refractivity contribution in [2.24, 2.45) is 5.41 Å². The van der Waals surface area contributed by atoms with Gasteiger partial charge in [-0.1, -0.05) is 35.9 Å². The van der Waals surface area contributed by atoms with Crippen molar-refractivity contribution in [2.45, 2.75) is 25.8 Å². The number of benzene rings is 2. The summed E-state index contributed by atoms with van der Waals surface area (Å²) in [4.78, 5) is 24.5. The number of H-pyrrole nitrogens is 1. The van der Waals surface area contributed by atoms with E-state index in [1.165, 1.54) is 38.3 Å². The fraction of sp³-hybridized carbons (Fsp3) is 0.292. The third kappa shape index (κ3) is 5.92. The van der Waals surface area contributed by atoms with Gasteiger partial charge >= 0.3 is 5.97 Å². The van der Waals surface area contributed by atoms with Crippen molar-refractivity contribution >= 4 is 23.5 Å². The summed E-state index contributed by atoms with van der Waals surface area (Å²) in [7, 11) is 1.42. The molecule has 2 aromatic carbocycles. The van der Waals surface area contributed by atoms with Gasteiger partial charge in [0.2, 0.25) is 5.88 Å². The highest BCUT2D eigenvalue weighted by Gasteiger charge is 2.36. The highest BCUT2D eigenvalue weighted by atomic mass is 35.5. The molecule has 0 radical (unpaired) electrons. The van der Waals surface area contributed by atoms with Crippen LogP contribution >= 0.6 is 11.6 Å². The van der Waals surface area contributed by atoms with Crippen LogP contribution in [0.4, 0.5) is 4.39 Å². The Kier molecular flexibility index (Phi) is 7.90. The molecule has 0 spiro atoms. The Morgan fingerprint density at radius 1 is 1.24 bits per heavy atom. The molecule has 0 saturated carbocycles. The first-order chi connectivity index (χ1) is 16.1. The zero-order valence-corrected chi connectivity index (χ0v) is 19.4. The maximum absolute atomic E-state index is 14.2. The molecule has 3 rings (SSSR count). The molecule has 0 aliphatic carbocycles. The van der Waals surface area contributed by atoms with Crippen LogP contribution < -0.4 is 10.1 Å². The number of aliphatic carboxylic acids is 1. The first-order valence-corrected chi connectivity index (χ1v) is 10.8. The van der Waals surface area contributed by atoms with Crippen LogP contribution in [-0.2, 0) is 11.2 Å². The first kappa shape index (κ1) is 25.2. The van der Waals surface area contributed by atoms with Crippen molar-refractivity contribution in [3.8, 4) is 17.0 Å². The van der Waals surface area contributed by atoms with Gasteiger partial charge in [-0.05, 0) is 49.1 Å². The molecule has 1 aromatic heterocycles. The van der Waals surface area contributed by atoms with Gasteiger partial charge in [0, 0.05) is 22.7 Å². The maximum Gasteiger partial charge on any atom is 0.311 e. The molecule has 10 heteroatoms. The van der Waals surface area contributed by atoms with Gasteiger partial charge in [0.25, 0.3) is 5.91 Å². The van der Waals surface area contributed by atoms with Crippen LogP contribution in [0.3, 0.4) is 0 Å². The molecule has 2 unspecified atom stereocenters. The summed E-state index contributed by atoms with van der Waals surface area (Å²) in [5.74, 6) is -1.85. The number of carbonyl (C=O) groups excluding carboxylic acids is 1. The molecule has 0 fully saturated rings. The van der Waals surface area contributed by atoms with Gasteiger partial charge in [-0.15, -0.1) is 5.10 Å². The molecule has 0 aliphatic heterocycles. The summed E-state index contributed by atoms with van der Waals surface area (Å²) >= 11 is 5.99. The van der Waals surface area contributed by atoms with Gasteiger partial charge in [-0.2, -0.15) is 0 Å². The third-order valence-electron chi connectivity index (χ3n) is 5.58. The molecule has 1 amide bonds. The molecule has 180 valence electrons. The number of rotatable bonds is 10. The molecule has 2 atom stereocenters. The van der Waals surface area contributed by atoms with Crippen LogP contribution in [0.2, 0.25) is 5.02 Å². The van der Waals surface area contributed by atoms with E-state index in [0.29, 0.717) is 16.1 Å². The van der Waals surface area contributed by atoms with Crippen LogP contribution in [0.1, 0.15) is 29.4 Å². The smallest absolute Gasteiger partial charge is 0.311 e. The number of aliphatic hydroxyl groups is 1. The molecule has 0 saturated heterocycles. The molecule has 3 aromatic rings. The number of ether oxygens (including phenoxy) is 1. The fourth-order valence-electron chi connectivity index (χ4n) is 3.55. The monoisotopic (exact) mass is 489 g/mol. The molecular weight excluding hydrogens is 465 g/mol. The highest BCUT2D eigenvalue weighted by Crippen LogP contribution is 2.28. The quantitative estimate of drug-likeness (QED) is 0.344. The maximum atomic E-state index is 14.2. The second-order valence-electron chi connectivity index (χ2n) is 8.25. The van der Waals surface area contributed by atoms with Crippen LogP contribution in [-0.4, -0.2) is 52.0 Å². The number of carboxylic acids is 1. The molecular formula is C24H25ClFN3O5. The number of hydrogen-bond donors (Lipinski definition) is 4. The summed E-state index contributed by atoms with van der Waals surface area (Å²) in [6.07, 6.45) is 0.249. The molecule has 4 N–H and O–H groups in total. The minimum Gasteiger partial charge on any atom is -0.481 e. The van der Waals surface area contributed by atoms with Gasteiger partial charge in [-0.25, -0.2) is 4.39 Å². The van der Waals surface area contributed by atoms with Gasteiger partial charge in [0.15, 0.2) is 0 Å². The number of aromatic amines is 1. The van der Waals surface area contributed by atoms with E-state index in [1.54, 1.807) is 24.3 Å². The SMILES string of the molecule is COc1cc(C(=O)NC(Cc2ccc(-c3cc(Cl)ccc3F)cc2)CC(C)(CO)C(=O)O)[nH]n1. The van der Waals surface area contributed by atoms with Crippen molar-refractivity contribution in [3.63, 3.8) is 0 Å². The number of aromatic nitrogens is 2. The minimum atomic E-state index is -1.46. The van der Waals surface area contributed by atoms with Crippen LogP contribution in [0.15, 0.2) is 48.5 Å². The zero-order chi connectivity index (χ0) is 24.9. The van der Waals surface area contributed by atoms with E-state index in [0.717, 1.165) is 5.56 Å². The Bertz CT molecular complexity index is 1170. The Morgan fingerprint density at radius 2 is 1.94 bits per heavy atom. The molecule has 1 heterocycles. The molecule has 8 nitrogen and oxygen atoms in total. The number of halogens is 2. The Balaban J connectivity index is 1.83. The number of amides is 1. The van der Waals surface area contributed by atoms with Gasteiger partial charge < -0.3 is 20.3 Å². The summed E-state index contributed by atoms with van der Waals surface area (Å²) in [6, 6.07) is 12.1. The Hall–Kier alpha value is -3.43. The second kappa shape index (κ2) is 10.7. The third-order valence-corrected chi connectivity index (χ3v) is 5.82. The normalized spacial score (nSPS) is 13.7.